The van der Waals surface area contributed by atoms with Crippen molar-refractivity contribution in [2.24, 2.45) is 5.14 Å². The standard InChI is InChI=1S/C12H15BrN2O4S/c1-12(2-3-19-7-12)15-11(16)8-4-9(13)6-10(5-8)20(14,17)18/h4-6H,2-3,7H2,1H3,(H,15,16)(H2,14,17,18). The number of rotatable bonds is 3. The van der Waals surface area contributed by atoms with E-state index >= 15 is 0 Å². The van der Waals surface area contributed by atoms with Crippen LogP contribution < -0.4 is 10.5 Å². The molecule has 0 spiro atoms. The molecule has 1 fully saturated rings. The maximum Gasteiger partial charge on any atom is 0.251 e. The number of carbonyl (C=O) groups is 1. The van der Waals surface area contributed by atoms with Crippen LogP contribution in [0.25, 0.3) is 0 Å². The molecule has 1 aliphatic rings. The lowest BCUT2D eigenvalue weighted by atomic mass is 10.0. The van der Waals surface area contributed by atoms with Crippen molar-refractivity contribution in [1.29, 1.82) is 0 Å². The number of hydrogen-bond acceptors (Lipinski definition) is 4. The highest BCUT2D eigenvalue weighted by molar-refractivity contribution is 9.10. The molecule has 1 aromatic carbocycles. The van der Waals surface area contributed by atoms with Gasteiger partial charge in [-0.15, -0.1) is 0 Å². The molecule has 3 N–H and O–H groups in total. The summed E-state index contributed by atoms with van der Waals surface area (Å²) >= 11 is 3.18. The molecule has 1 unspecified atom stereocenters. The van der Waals surface area contributed by atoms with Gasteiger partial charge in [0.2, 0.25) is 10.0 Å². The molecular formula is C12H15BrN2O4S. The van der Waals surface area contributed by atoms with Crippen molar-refractivity contribution >= 4 is 31.9 Å². The van der Waals surface area contributed by atoms with Crippen molar-refractivity contribution < 1.29 is 17.9 Å². The Morgan fingerprint density at radius 1 is 1.45 bits per heavy atom. The Labute approximate surface area is 125 Å². The van der Waals surface area contributed by atoms with Crippen molar-refractivity contribution in [3.63, 3.8) is 0 Å². The number of nitrogens with one attached hydrogen (secondary N) is 1. The zero-order valence-corrected chi connectivity index (χ0v) is 13.3. The molecule has 2 rings (SSSR count). The smallest absolute Gasteiger partial charge is 0.251 e. The number of amides is 1. The lowest BCUT2D eigenvalue weighted by molar-refractivity contribution is 0.0889. The summed E-state index contributed by atoms with van der Waals surface area (Å²) in [5.74, 6) is -0.357. The van der Waals surface area contributed by atoms with Crippen LogP contribution in [0.15, 0.2) is 27.6 Å². The lowest BCUT2D eigenvalue weighted by Crippen LogP contribution is -2.46. The van der Waals surface area contributed by atoms with Gasteiger partial charge in [-0.2, -0.15) is 0 Å². The van der Waals surface area contributed by atoms with Crippen molar-refractivity contribution in [1.82, 2.24) is 5.32 Å². The third-order valence-corrected chi connectivity index (χ3v) is 4.45. The molecule has 0 radical (unpaired) electrons. The SMILES string of the molecule is CC1(NC(=O)c2cc(Br)cc(S(N)(=O)=O)c2)CCOC1. The molecule has 8 heteroatoms. The monoisotopic (exact) mass is 362 g/mol. The minimum atomic E-state index is -3.86. The molecule has 110 valence electrons. The van der Waals surface area contributed by atoms with Gasteiger partial charge in [-0.1, -0.05) is 15.9 Å². The highest BCUT2D eigenvalue weighted by atomic mass is 79.9. The number of primary sulfonamides is 1. The predicted octanol–water partition coefficient (Wildman–Crippen LogP) is 1.01. The zero-order chi connectivity index (χ0) is 15.0. The van der Waals surface area contributed by atoms with Crippen LogP contribution >= 0.6 is 15.9 Å². The normalized spacial score (nSPS) is 22.8. The van der Waals surface area contributed by atoms with Crippen LogP contribution in [0.4, 0.5) is 0 Å². The molecule has 1 atom stereocenters. The summed E-state index contributed by atoms with van der Waals surface area (Å²) in [6.07, 6.45) is 0.717. The van der Waals surface area contributed by atoms with Crippen LogP contribution in [0.2, 0.25) is 0 Å². The second-order valence-corrected chi connectivity index (χ2v) is 7.52. The fraction of sp³-hybridized carbons (Fsp3) is 0.417. The average molecular weight is 363 g/mol. The molecular weight excluding hydrogens is 348 g/mol. The maximum atomic E-state index is 12.2. The molecule has 0 saturated carbocycles. The summed E-state index contributed by atoms with van der Waals surface area (Å²) in [6.45, 7) is 2.92. The summed E-state index contributed by atoms with van der Waals surface area (Å²) in [5, 5.41) is 7.94. The first kappa shape index (κ1) is 15.4. The van der Waals surface area contributed by atoms with E-state index in [4.69, 9.17) is 9.88 Å². The van der Waals surface area contributed by atoms with Gasteiger partial charge in [0.05, 0.1) is 17.0 Å². The summed E-state index contributed by atoms with van der Waals surface area (Å²) in [7, 11) is -3.86. The first-order valence-electron chi connectivity index (χ1n) is 5.93. The van der Waals surface area contributed by atoms with Crippen LogP contribution in [-0.4, -0.2) is 33.1 Å². The predicted molar refractivity (Wildman–Crippen MR) is 76.8 cm³/mol. The number of nitrogens with two attached hydrogens (primary N) is 1. The zero-order valence-electron chi connectivity index (χ0n) is 10.8. The number of carbonyl (C=O) groups excluding carboxylic acids is 1. The molecule has 0 aliphatic carbocycles. The minimum Gasteiger partial charge on any atom is -0.379 e. The van der Waals surface area contributed by atoms with E-state index in [1.54, 1.807) is 6.07 Å². The van der Waals surface area contributed by atoms with Crippen molar-refractivity contribution in [2.75, 3.05) is 13.2 Å². The number of sulfonamides is 1. The summed E-state index contributed by atoms with van der Waals surface area (Å²) in [4.78, 5) is 12.1. The molecule has 20 heavy (non-hydrogen) atoms. The highest BCUT2D eigenvalue weighted by Crippen LogP contribution is 2.21. The van der Waals surface area contributed by atoms with E-state index in [0.717, 1.165) is 6.42 Å². The molecule has 6 nitrogen and oxygen atoms in total. The van der Waals surface area contributed by atoms with Crippen LogP contribution in [0, 0.1) is 0 Å². The van der Waals surface area contributed by atoms with Crippen molar-refractivity contribution in [3.05, 3.63) is 28.2 Å². The highest BCUT2D eigenvalue weighted by Gasteiger charge is 2.31. The quantitative estimate of drug-likeness (QED) is 0.837. The van der Waals surface area contributed by atoms with Gasteiger partial charge in [0, 0.05) is 16.6 Å². The van der Waals surface area contributed by atoms with Crippen LogP contribution in [-0.2, 0) is 14.8 Å². The fourth-order valence-corrected chi connectivity index (χ4v) is 3.20. The Kier molecular flexibility index (Phi) is 4.19. The number of halogens is 1. The first-order valence-corrected chi connectivity index (χ1v) is 8.27. The van der Waals surface area contributed by atoms with Crippen molar-refractivity contribution in [3.8, 4) is 0 Å². The van der Waals surface area contributed by atoms with E-state index in [0.29, 0.717) is 17.7 Å². The molecule has 1 aliphatic heterocycles. The van der Waals surface area contributed by atoms with Crippen LogP contribution in [0.5, 0.6) is 0 Å². The third-order valence-electron chi connectivity index (χ3n) is 3.10. The molecule has 0 aromatic heterocycles. The molecule has 1 saturated heterocycles. The molecule has 1 aromatic rings. The second kappa shape index (κ2) is 5.44. The maximum absolute atomic E-state index is 12.2. The number of ether oxygens (including phenoxy) is 1. The Hall–Kier alpha value is -0.960. The molecule has 0 bridgehead atoms. The molecule has 1 heterocycles. The van der Waals surface area contributed by atoms with Gasteiger partial charge >= 0.3 is 0 Å². The van der Waals surface area contributed by atoms with E-state index in [1.807, 2.05) is 6.92 Å². The molecule has 1 amide bonds. The number of hydrogen-bond donors (Lipinski definition) is 2. The van der Waals surface area contributed by atoms with E-state index in [-0.39, 0.29) is 16.4 Å². The van der Waals surface area contributed by atoms with Crippen molar-refractivity contribution in [2.45, 2.75) is 23.8 Å². The van der Waals surface area contributed by atoms with E-state index in [1.165, 1.54) is 12.1 Å². The second-order valence-electron chi connectivity index (χ2n) is 5.04. The summed E-state index contributed by atoms with van der Waals surface area (Å²) in [6, 6.07) is 4.16. The van der Waals surface area contributed by atoms with Gasteiger partial charge in [-0.25, -0.2) is 13.6 Å². The fourth-order valence-electron chi connectivity index (χ4n) is 1.97. The Morgan fingerprint density at radius 3 is 2.70 bits per heavy atom. The van der Waals surface area contributed by atoms with Gasteiger partial charge < -0.3 is 10.1 Å². The van der Waals surface area contributed by atoms with E-state index < -0.39 is 15.6 Å². The summed E-state index contributed by atoms with van der Waals surface area (Å²) in [5.41, 5.74) is -0.197. The average Bonchev–Trinajstić information content (AvgIpc) is 2.73. The third kappa shape index (κ3) is 3.57. The first-order chi connectivity index (χ1) is 9.20. The van der Waals surface area contributed by atoms with Gasteiger partial charge in [-0.05, 0) is 31.5 Å². The Balaban J connectivity index is 2.28. The lowest BCUT2D eigenvalue weighted by Gasteiger charge is -2.23. The van der Waals surface area contributed by atoms with E-state index in [2.05, 4.69) is 21.2 Å². The largest absolute Gasteiger partial charge is 0.379 e. The van der Waals surface area contributed by atoms with Gasteiger partial charge in [0.25, 0.3) is 5.91 Å². The Morgan fingerprint density at radius 2 is 2.15 bits per heavy atom. The summed E-state index contributed by atoms with van der Waals surface area (Å²) < 4.78 is 28.5. The van der Waals surface area contributed by atoms with Crippen LogP contribution in [0.3, 0.4) is 0 Å². The van der Waals surface area contributed by atoms with Gasteiger partial charge in [0.15, 0.2) is 0 Å². The minimum absolute atomic E-state index is 0.107. The Bertz CT molecular complexity index is 639. The van der Waals surface area contributed by atoms with Crippen LogP contribution in [0.1, 0.15) is 23.7 Å². The van der Waals surface area contributed by atoms with E-state index in [9.17, 15) is 13.2 Å². The topological polar surface area (TPSA) is 98.5 Å². The van der Waals surface area contributed by atoms with Gasteiger partial charge in [0.1, 0.15) is 0 Å². The van der Waals surface area contributed by atoms with Gasteiger partial charge in [-0.3, -0.25) is 4.79 Å². The number of benzene rings is 1.